The largest absolute Gasteiger partial charge is 0.531 e. The summed E-state index contributed by atoms with van der Waals surface area (Å²) in [6.07, 6.45) is 1.69. The second-order valence-electron chi connectivity index (χ2n) is 6.89. The summed E-state index contributed by atoms with van der Waals surface area (Å²) in [6.45, 7) is 14.5. The van der Waals surface area contributed by atoms with Gasteiger partial charge >= 0.3 is 12.0 Å². The number of nitrogens with zero attached hydrogens (tertiary/aromatic N) is 2. The highest BCUT2D eigenvalue weighted by Gasteiger charge is 2.24. The van der Waals surface area contributed by atoms with Crippen molar-refractivity contribution in [3.8, 4) is 11.9 Å². The van der Waals surface area contributed by atoms with Crippen LogP contribution >= 0.6 is 0 Å². The fourth-order valence-corrected chi connectivity index (χ4v) is 2.97. The summed E-state index contributed by atoms with van der Waals surface area (Å²) in [6, 6.07) is 0.306. The van der Waals surface area contributed by atoms with Crippen molar-refractivity contribution in [2.24, 2.45) is 0 Å². The van der Waals surface area contributed by atoms with Gasteiger partial charge in [-0.05, 0) is 46.2 Å². The number of hydrogen-bond donors (Lipinski definition) is 0. The summed E-state index contributed by atoms with van der Waals surface area (Å²) in [4.78, 5) is 20.3. The zero-order valence-corrected chi connectivity index (χ0v) is 16.5. The van der Waals surface area contributed by atoms with E-state index in [1.54, 1.807) is 13.1 Å². The van der Waals surface area contributed by atoms with Crippen LogP contribution in [0.3, 0.4) is 0 Å². The Labute approximate surface area is 134 Å². The molecule has 0 fully saturated rings. The maximum atomic E-state index is 11.7. The van der Waals surface area contributed by atoms with Crippen molar-refractivity contribution >= 4 is 22.6 Å². The van der Waals surface area contributed by atoms with Crippen molar-refractivity contribution in [2.45, 2.75) is 52.6 Å². The summed E-state index contributed by atoms with van der Waals surface area (Å²) < 4.78 is 16.8. The first-order valence-electron chi connectivity index (χ1n) is 7.40. The first-order valence-corrected chi connectivity index (χ1v) is 14.2. The predicted molar refractivity (Wildman–Crippen MR) is 90.3 cm³/mol. The molecule has 0 aromatic carbocycles. The molecule has 8 heteroatoms. The van der Waals surface area contributed by atoms with Crippen LogP contribution in [-0.4, -0.2) is 39.2 Å². The van der Waals surface area contributed by atoms with E-state index in [-0.39, 0.29) is 12.4 Å². The minimum atomic E-state index is -1.87. The molecule has 0 aliphatic carbocycles. The van der Waals surface area contributed by atoms with Crippen LogP contribution in [-0.2, 0) is 16.0 Å². The molecule has 0 saturated carbocycles. The van der Waals surface area contributed by atoms with E-state index in [4.69, 9.17) is 13.6 Å². The van der Waals surface area contributed by atoms with Gasteiger partial charge in [0, 0.05) is 11.8 Å². The highest BCUT2D eigenvalue weighted by atomic mass is 28.4. The van der Waals surface area contributed by atoms with Crippen molar-refractivity contribution in [3.05, 3.63) is 11.8 Å². The molecule has 0 aliphatic rings. The topological polar surface area (TPSA) is 70.5 Å². The van der Waals surface area contributed by atoms with Crippen molar-refractivity contribution in [1.29, 1.82) is 0 Å². The van der Waals surface area contributed by atoms with Crippen LogP contribution in [0, 0.1) is 0 Å². The predicted octanol–water partition coefficient (Wildman–Crippen LogP) is 3.01. The van der Waals surface area contributed by atoms with Gasteiger partial charge in [0.25, 0.3) is 0 Å². The van der Waals surface area contributed by atoms with E-state index >= 15 is 0 Å². The van der Waals surface area contributed by atoms with Crippen molar-refractivity contribution in [2.75, 3.05) is 6.61 Å². The first kappa shape index (κ1) is 18.6. The highest BCUT2D eigenvalue weighted by molar-refractivity contribution is 6.70. The molecular formula is C14H26N2O4Si2. The Morgan fingerprint density at radius 1 is 1.09 bits per heavy atom. The Morgan fingerprint density at radius 2 is 1.68 bits per heavy atom. The normalized spacial score (nSPS) is 12.0. The van der Waals surface area contributed by atoms with E-state index in [1.165, 1.54) is 0 Å². The Hall–Kier alpha value is -1.42. The van der Waals surface area contributed by atoms with Gasteiger partial charge in [0.15, 0.2) is 0 Å². The average molecular weight is 343 g/mol. The van der Waals surface area contributed by atoms with Gasteiger partial charge in [-0.3, -0.25) is 4.79 Å². The van der Waals surface area contributed by atoms with Gasteiger partial charge in [-0.25, -0.2) is 4.98 Å². The lowest BCUT2D eigenvalue weighted by molar-refractivity contribution is -0.142. The number of aromatic nitrogens is 2. The van der Waals surface area contributed by atoms with Crippen LogP contribution in [0.25, 0.3) is 0 Å². The molecule has 0 spiro atoms. The summed E-state index contributed by atoms with van der Waals surface area (Å²) in [5.41, 5.74) is 0.629. The number of carbonyl (C=O) groups excluding carboxylic acids is 1. The Morgan fingerprint density at radius 3 is 2.18 bits per heavy atom. The fraction of sp³-hybridized carbons (Fsp3) is 0.643. The minimum absolute atomic E-state index is 0.0981. The third-order valence-electron chi connectivity index (χ3n) is 2.24. The second-order valence-corrected chi connectivity index (χ2v) is 15.8. The molecule has 1 heterocycles. The molecule has 0 aliphatic heterocycles. The zero-order valence-electron chi connectivity index (χ0n) is 14.5. The maximum absolute atomic E-state index is 11.7. The third-order valence-corrected chi connectivity index (χ3v) is 3.84. The quantitative estimate of drug-likeness (QED) is 0.560. The molecule has 6 nitrogen and oxygen atoms in total. The second kappa shape index (κ2) is 7.23. The van der Waals surface area contributed by atoms with Crippen LogP contribution in [0.5, 0.6) is 11.9 Å². The molecule has 0 bridgehead atoms. The molecule has 1 aromatic rings. The molecule has 1 aromatic heterocycles. The van der Waals surface area contributed by atoms with E-state index in [9.17, 15) is 4.79 Å². The van der Waals surface area contributed by atoms with E-state index in [1.807, 2.05) is 0 Å². The molecule has 124 valence electrons. The molecular weight excluding hydrogens is 316 g/mol. The number of carbonyl (C=O) groups is 1. The van der Waals surface area contributed by atoms with Crippen molar-refractivity contribution in [3.63, 3.8) is 0 Å². The average Bonchev–Trinajstić information content (AvgIpc) is 2.28. The van der Waals surface area contributed by atoms with Gasteiger partial charge in [0.2, 0.25) is 22.5 Å². The lowest BCUT2D eigenvalue weighted by atomic mass is 10.2. The monoisotopic (exact) mass is 342 g/mol. The van der Waals surface area contributed by atoms with E-state index in [2.05, 4.69) is 49.3 Å². The molecule has 0 N–H and O–H groups in total. The Balaban J connectivity index is 3.06. The van der Waals surface area contributed by atoms with Crippen LogP contribution < -0.4 is 8.85 Å². The van der Waals surface area contributed by atoms with Crippen LogP contribution in [0.2, 0.25) is 39.3 Å². The smallest absolute Gasteiger partial charge is 0.310 e. The number of rotatable bonds is 7. The zero-order chi connectivity index (χ0) is 17.0. The lowest BCUT2D eigenvalue weighted by Crippen LogP contribution is -2.32. The molecule has 22 heavy (non-hydrogen) atoms. The van der Waals surface area contributed by atoms with Gasteiger partial charge < -0.3 is 13.6 Å². The SMILES string of the molecule is CCOC(=O)Cc1cnc(O[Si](C)(C)C)nc1O[Si](C)(C)C. The molecule has 0 radical (unpaired) electrons. The van der Waals surface area contributed by atoms with Gasteiger partial charge in [0.1, 0.15) is 0 Å². The molecule has 0 saturated heterocycles. The van der Waals surface area contributed by atoms with E-state index < -0.39 is 16.6 Å². The number of ether oxygens (including phenoxy) is 1. The Bertz CT molecular complexity index is 525. The number of esters is 1. The van der Waals surface area contributed by atoms with Crippen LogP contribution in [0.1, 0.15) is 12.5 Å². The molecule has 0 amide bonds. The van der Waals surface area contributed by atoms with Gasteiger partial charge in [0.05, 0.1) is 13.0 Å². The van der Waals surface area contributed by atoms with Crippen LogP contribution in [0.15, 0.2) is 6.20 Å². The third kappa shape index (κ3) is 7.03. The maximum Gasteiger partial charge on any atom is 0.310 e. The van der Waals surface area contributed by atoms with Crippen molar-refractivity contribution < 1.29 is 18.4 Å². The van der Waals surface area contributed by atoms with Gasteiger partial charge in [-0.2, -0.15) is 4.98 Å². The minimum Gasteiger partial charge on any atom is -0.531 e. The highest BCUT2D eigenvalue weighted by Crippen LogP contribution is 2.23. The van der Waals surface area contributed by atoms with E-state index in [0.717, 1.165) is 0 Å². The fourth-order valence-electron chi connectivity index (χ4n) is 1.57. The van der Waals surface area contributed by atoms with E-state index in [0.29, 0.717) is 24.1 Å². The summed E-state index contributed by atoms with van der Waals surface area (Å²) in [5, 5.41) is 0. The standard InChI is InChI=1S/C14H26N2O4Si2/c1-8-18-12(17)9-11-10-15-14(20-22(5,6)7)16-13(11)19-21(2,3)4/h10H,8-9H2,1-7H3. The first-order chi connectivity index (χ1) is 10.00. The summed E-state index contributed by atoms with van der Waals surface area (Å²) in [7, 11) is -3.67. The summed E-state index contributed by atoms with van der Waals surface area (Å²) >= 11 is 0. The van der Waals surface area contributed by atoms with Gasteiger partial charge in [-0.15, -0.1) is 0 Å². The molecule has 1 rings (SSSR count). The van der Waals surface area contributed by atoms with Gasteiger partial charge in [-0.1, -0.05) is 0 Å². The lowest BCUT2D eigenvalue weighted by Gasteiger charge is -2.22. The molecule has 0 unspecified atom stereocenters. The van der Waals surface area contributed by atoms with Crippen LogP contribution in [0.4, 0.5) is 0 Å². The summed E-state index contributed by atoms with van der Waals surface area (Å²) in [5.74, 6) is 0.112. The van der Waals surface area contributed by atoms with Crippen molar-refractivity contribution in [1.82, 2.24) is 9.97 Å². The number of hydrogen-bond acceptors (Lipinski definition) is 6. The Kier molecular flexibility index (Phi) is 6.12. The molecule has 0 atom stereocenters.